The summed E-state index contributed by atoms with van der Waals surface area (Å²) in [4.78, 5) is 14.8. The van der Waals surface area contributed by atoms with Gasteiger partial charge in [-0.2, -0.15) is 0 Å². The number of rotatable bonds is 4. The van der Waals surface area contributed by atoms with Crippen LogP contribution in [0.3, 0.4) is 0 Å². The molecule has 0 aliphatic rings. The molecule has 0 atom stereocenters. The molecule has 0 N–H and O–H groups in total. The molecule has 0 radical (unpaired) electrons. The van der Waals surface area contributed by atoms with Gasteiger partial charge < -0.3 is 4.74 Å². The van der Waals surface area contributed by atoms with Gasteiger partial charge in [0.25, 0.3) is 6.43 Å². The molecule has 1 heterocycles. The minimum atomic E-state index is -2.68. The Kier molecular flexibility index (Phi) is 5.04. The number of esters is 1. The fourth-order valence-electron chi connectivity index (χ4n) is 1.20. The molecule has 0 amide bonds. The summed E-state index contributed by atoms with van der Waals surface area (Å²) in [7, 11) is 0. The molecule has 0 spiro atoms. The number of ether oxygens (including phenoxy) is 1. The number of pyridine rings is 1. The molecule has 1 aromatic rings. The van der Waals surface area contributed by atoms with Crippen LogP contribution >= 0.6 is 22.6 Å². The smallest absolute Gasteiger partial charge is 0.310 e. The van der Waals surface area contributed by atoms with Crippen molar-refractivity contribution in [3.63, 3.8) is 0 Å². The predicted octanol–water partition coefficient (Wildman–Crippen LogP) is 2.73. The molecule has 0 aliphatic carbocycles. The summed E-state index contributed by atoms with van der Waals surface area (Å²) in [6, 6.07) is 1.52. The predicted molar refractivity (Wildman–Crippen MR) is 62.2 cm³/mol. The van der Waals surface area contributed by atoms with Crippen molar-refractivity contribution >= 4 is 28.6 Å². The lowest BCUT2D eigenvalue weighted by molar-refractivity contribution is -0.142. The van der Waals surface area contributed by atoms with Crippen LogP contribution in [0, 0.1) is 3.57 Å². The largest absolute Gasteiger partial charge is 0.466 e. The van der Waals surface area contributed by atoms with E-state index in [9.17, 15) is 13.6 Å². The Morgan fingerprint density at radius 3 is 2.88 bits per heavy atom. The second-order valence-corrected chi connectivity index (χ2v) is 4.23. The van der Waals surface area contributed by atoms with E-state index in [1.54, 1.807) is 6.92 Å². The molecule has 0 saturated heterocycles. The summed E-state index contributed by atoms with van der Waals surface area (Å²) in [6.45, 7) is 1.90. The lowest BCUT2D eigenvalue weighted by Crippen LogP contribution is -2.10. The fourth-order valence-corrected chi connectivity index (χ4v) is 1.71. The normalized spacial score (nSPS) is 10.6. The van der Waals surface area contributed by atoms with Crippen molar-refractivity contribution in [2.45, 2.75) is 19.8 Å². The van der Waals surface area contributed by atoms with Crippen LogP contribution in [0.15, 0.2) is 12.3 Å². The third-order valence-electron chi connectivity index (χ3n) is 1.81. The Balaban J connectivity index is 2.92. The van der Waals surface area contributed by atoms with Gasteiger partial charge in [-0.3, -0.25) is 9.78 Å². The molecule has 0 bridgehead atoms. The molecule has 1 aromatic heterocycles. The van der Waals surface area contributed by atoms with E-state index in [0.29, 0.717) is 3.57 Å². The van der Waals surface area contributed by atoms with Gasteiger partial charge in [0.1, 0.15) is 5.69 Å². The molecule has 0 fully saturated rings. The van der Waals surface area contributed by atoms with Crippen molar-refractivity contribution in [2.75, 3.05) is 6.61 Å². The van der Waals surface area contributed by atoms with Crippen LogP contribution in [-0.2, 0) is 16.0 Å². The Labute approximate surface area is 105 Å². The van der Waals surface area contributed by atoms with Gasteiger partial charge in [-0.25, -0.2) is 8.78 Å². The van der Waals surface area contributed by atoms with Gasteiger partial charge in [0.2, 0.25) is 0 Å². The molecule has 0 aliphatic heterocycles. The molecule has 16 heavy (non-hydrogen) atoms. The first-order valence-corrected chi connectivity index (χ1v) is 5.70. The minimum absolute atomic E-state index is 0.169. The van der Waals surface area contributed by atoms with E-state index in [4.69, 9.17) is 4.74 Å². The molecule has 88 valence electrons. The van der Waals surface area contributed by atoms with E-state index in [2.05, 4.69) is 4.98 Å². The van der Waals surface area contributed by atoms with Crippen LogP contribution in [0.1, 0.15) is 24.6 Å². The number of aromatic nitrogens is 1. The van der Waals surface area contributed by atoms with Crippen LogP contribution in [0.25, 0.3) is 0 Å². The SMILES string of the molecule is CCOC(=O)Cc1cc(I)cnc1C(F)F. The zero-order valence-corrected chi connectivity index (χ0v) is 10.7. The molecule has 6 heteroatoms. The van der Waals surface area contributed by atoms with Crippen LogP contribution in [0.2, 0.25) is 0 Å². The lowest BCUT2D eigenvalue weighted by Gasteiger charge is -2.07. The summed E-state index contributed by atoms with van der Waals surface area (Å²) < 4.78 is 30.6. The van der Waals surface area contributed by atoms with Crippen LogP contribution in [0.5, 0.6) is 0 Å². The molecule has 1 rings (SSSR count). The first kappa shape index (κ1) is 13.3. The van der Waals surface area contributed by atoms with E-state index in [0.717, 1.165) is 0 Å². The number of hydrogen-bond donors (Lipinski definition) is 0. The van der Waals surface area contributed by atoms with Crippen LogP contribution in [0.4, 0.5) is 8.78 Å². The molecule has 0 unspecified atom stereocenters. The van der Waals surface area contributed by atoms with Gasteiger partial charge in [0.05, 0.1) is 13.0 Å². The fraction of sp³-hybridized carbons (Fsp3) is 0.400. The second-order valence-electron chi connectivity index (χ2n) is 2.98. The van der Waals surface area contributed by atoms with Crippen molar-refractivity contribution in [2.24, 2.45) is 0 Å². The van der Waals surface area contributed by atoms with Gasteiger partial charge in [0.15, 0.2) is 0 Å². The zero-order chi connectivity index (χ0) is 12.1. The summed E-state index contributed by atoms with van der Waals surface area (Å²) in [5.41, 5.74) is -0.131. The van der Waals surface area contributed by atoms with Gasteiger partial charge in [-0.15, -0.1) is 0 Å². The lowest BCUT2D eigenvalue weighted by atomic mass is 10.1. The number of carbonyl (C=O) groups is 1. The first-order valence-electron chi connectivity index (χ1n) is 4.62. The Bertz CT molecular complexity index is 385. The van der Waals surface area contributed by atoms with Crippen LogP contribution < -0.4 is 0 Å². The van der Waals surface area contributed by atoms with Crippen molar-refractivity contribution in [1.82, 2.24) is 4.98 Å². The maximum absolute atomic E-state index is 12.6. The average Bonchev–Trinajstić information content (AvgIpc) is 2.17. The van der Waals surface area contributed by atoms with Crippen LogP contribution in [-0.4, -0.2) is 17.6 Å². The third-order valence-corrected chi connectivity index (χ3v) is 2.40. The molecular formula is C10H10F2INO2. The highest BCUT2D eigenvalue weighted by molar-refractivity contribution is 14.1. The van der Waals surface area contributed by atoms with Crippen molar-refractivity contribution < 1.29 is 18.3 Å². The van der Waals surface area contributed by atoms with E-state index >= 15 is 0 Å². The maximum Gasteiger partial charge on any atom is 0.310 e. The second kappa shape index (κ2) is 6.07. The van der Waals surface area contributed by atoms with E-state index in [-0.39, 0.29) is 24.3 Å². The highest BCUT2D eigenvalue weighted by Crippen LogP contribution is 2.22. The quantitative estimate of drug-likeness (QED) is 0.625. The number of carbonyl (C=O) groups excluding carboxylic acids is 1. The molecule has 3 nitrogen and oxygen atoms in total. The number of alkyl halides is 2. The van der Waals surface area contributed by atoms with Gasteiger partial charge >= 0.3 is 5.97 Å². The Morgan fingerprint density at radius 1 is 1.62 bits per heavy atom. The maximum atomic E-state index is 12.6. The standard InChI is InChI=1S/C10H10F2INO2/c1-2-16-8(15)4-6-3-7(13)5-14-9(6)10(11)12/h3,5,10H,2,4H2,1H3. The average molecular weight is 341 g/mol. The van der Waals surface area contributed by atoms with Crippen molar-refractivity contribution in [1.29, 1.82) is 0 Å². The topological polar surface area (TPSA) is 39.2 Å². The highest BCUT2D eigenvalue weighted by atomic mass is 127. The summed E-state index contributed by atoms with van der Waals surface area (Å²) in [5.74, 6) is -0.520. The summed E-state index contributed by atoms with van der Waals surface area (Å²) in [6.07, 6.45) is -1.50. The van der Waals surface area contributed by atoms with Gasteiger partial charge in [0, 0.05) is 9.77 Å². The summed E-state index contributed by atoms with van der Waals surface area (Å²) >= 11 is 1.95. The van der Waals surface area contributed by atoms with Crippen molar-refractivity contribution in [3.8, 4) is 0 Å². The zero-order valence-electron chi connectivity index (χ0n) is 8.54. The Hall–Kier alpha value is -0.790. The third kappa shape index (κ3) is 3.66. The summed E-state index contributed by atoms with van der Waals surface area (Å²) in [5, 5.41) is 0. The molecule has 0 aromatic carbocycles. The minimum Gasteiger partial charge on any atom is -0.466 e. The van der Waals surface area contributed by atoms with Gasteiger partial charge in [-0.05, 0) is 41.1 Å². The Morgan fingerprint density at radius 2 is 2.31 bits per heavy atom. The molecular weight excluding hydrogens is 331 g/mol. The van der Waals surface area contributed by atoms with E-state index < -0.39 is 12.4 Å². The molecule has 0 saturated carbocycles. The number of hydrogen-bond acceptors (Lipinski definition) is 3. The monoisotopic (exact) mass is 341 g/mol. The van der Waals surface area contributed by atoms with E-state index in [1.165, 1.54) is 12.3 Å². The van der Waals surface area contributed by atoms with Gasteiger partial charge in [-0.1, -0.05) is 0 Å². The van der Waals surface area contributed by atoms with Crippen molar-refractivity contribution in [3.05, 3.63) is 27.1 Å². The first-order chi connectivity index (χ1) is 7.54. The number of halogens is 3. The highest BCUT2D eigenvalue weighted by Gasteiger charge is 2.17. The number of nitrogens with zero attached hydrogens (tertiary/aromatic N) is 1. The van der Waals surface area contributed by atoms with E-state index in [1.807, 2.05) is 22.6 Å².